The summed E-state index contributed by atoms with van der Waals surface area (Å²) in [5, 5.41) is 16.1. The molecule has 2 rings (SSSR count). The average Bonchev–Trinajstić information content (AvgIpc) is 2.77. The molecular weight excluding hydrogens is 218 g/mol. The van der Waals surface area contributed by atoms with E-state index in [1.807, 2.05) is 6.92 Å². The van der Waals surface area contributed by atoms with Gasteiger partial charge in [0.05, 0.1) is 0 Å². The summed E-state index contributed by atoms with van der Waals surface area (Å²) in [5.41, 5.74) is 0.399. The van der Waals surface area contributed by atoms with Crippen molar-refractivity contribution in [3.05, 3.63) is 42.1 Å². The van der Waals surface area contributed by atoms with Gasteiger partial charge in [0.1, 0.15) is 5.75 Å². The number of phenolic OH excluding ortho intramolecular Hbond substituents is 1. The maximum Gasteiger partial charge on any atom is 0.256 e. The van der Waals surface area contributed by atoms with E-state index in [-0.39, 0.29) is 11.7 Å². The summed E-state index contributed by atoms with van der Waals surface area (Å²) in [7, 11) is 0. The molecule has 0 saturated heterocycles. The maximum atomic E-state index is 11.8. The number of nitrogens with one attached hydrogen (secondary N) is 1. The number of nitrogens with zero attached hydrogens (tertiary/aromatic N) is 2. The first-order valence-corrected chi connectivity index (χ1v) is 5.33. The summed E-state index contributed by atoms with van der Waals surface area (Å²) in [6.07, 6.45) is 1.79. The summed E-state index contributed by atoms with van der Waals surface area (Å²) >= 11 is 0. The van der Waals surface area contributed by atoms with Crippen LogP contribution in [0.3, 0.4) is 0 Å². The lowest BCUT2D eigenvalue weighted by molar-refractivity contribution is 0.102. The highest BCUT2D eigenvalue weighted by atomic mass is 16.3. The van der Waals surface area contributed by atoms with Crippen molar-refractivity contribution < 1.29 is 9.90 Å². The number of hydrogen-bond donors (Lipinski definition) is 2. The molecule has 0 atom stereocenters. The molecule has 0 unspecified atom stereocenters. The van der Waals surface area contributed by atoms with Crippen molar-refractivity contribution in [3.63, 3.8) is 0 Å². The van der Waals surface area contributed by atoms with Crippen LogP contribution in [0.4, 0.5) is 5.82 Å². The van der Waals surface area contributed by atoms with Crippen molar-refractivity contribution in [1.82, 2.24) is 9.78 Å². The van der Waals surface area contributed by atoms with E-state index in [0.29, 0.717) is 11.4 Å². The number of hydrogen-bond acceptors (Lipinski definition) is 3. The summed E-state index contributed by atoms with van der Waals surface area (Å²) in [6, 6.07) is 7.90. The highest BCUT2D eigenvalue weighted by Gasteiger charge is 2.08. The van der Waals surface area contributed by atoms with Gasteiger partial charge in [0, 0.05) is 24.4 Å². The van der Waals surface area contributed by atoms with Gasteiger partial charge in [0.25, 0.3) is 5.91 Å². The predicted octanol–water partition coefficient (Wildman–Crippen LogP) is 1.86. The summed E-state index contributed by atoms with van der Waals surface area (Å²) < 4.78 is 1.72. The van der Waals surface area contributed by atoms with Crippen LogP contribution in [-0.2, 0) is 6.54 Å². The van der Waals surface area contributed by atoms with Gasteiger partial charge in [-0.2, -0.15) is 5.10 Å². The van der Waals surface area contributed by atoms with E-state index in [0.717, 1.165) is 6.54 Å². The molecule has 0 radical (unpaired) electrons. The van der Waals surface area contributed by atoms with Crippen LogP contribution in [0.25, 0.3) is 0 Å². The van der Waals surface area contributed by atoms with E-state index in [4.69, 9.17) is 0 Å². The number of aryl methyl sites for hydroxylation is 1. The van der Waals surface area contributed by atoms with Gasteiger partial charge in [-0.15, -0.1) is 0 Å². The van der Waals surface area contributed by atoms with Crippen molar-refractivity contribution in [3.8, 4) is 5.75 Å². The third-order valence-corrected chi connectivity index (χ3v) is 2.31. The number of benzene rings is 1. The zero-order valence-electron chi connectivity index (χ0n) is 9.42. The number of carbonyl (C=O) groups excluding carboxylic acids is 1. The molecule has 1 aromatic carbocycles. The molecule has 0 spiro atoms. The van der Waals surface area contributed by atoms with Crippen molar-refractivity contribution in [2.24, 2.45) is 0 Å². The Kier molecular flexibility index (Phi) is 3.09. The molecule has 0 saturated carbocycles. The van der Waals surface area contributed by atoms with E-state index in [2.05, 4.69) is 10.4 Å². The second kappa shape index (κ2) is 4.69. The van der Waals surface area contributed by atoms with E-state index in [9.17, 15) is 9.90 Å². The first kappa shape index (κ1) is 11.2. The molecule has 5 heteroatoms. The minimum atomic E-state index is -0.290. The minimum absolute atomic E-state index is 0.0664. The third-order valence-electron chi connectivity index (χ3n) is 2.31. The normalized spacial score (nSPS) is 10.2. The number of carbonyl (C=O) groups is 1. The van der Waals surface area contributed by atoms with Crippen molar-refractivity contribution >= 4 is 11.7 Å². The van der Waals surface area contributed by atoms with Gasteiger partial charge in [0.2, 0.25) is 0 Å². The lowest BCUT2D eigenvalue weighted by Gasteiger charge is -2.02. The van der Waals surface area contributed by atoms with Gasteiger partial charge in [-0.05, 0) is 25.1 Å². The van der Waals surface area contributed by atoms with Gasteiger partial charge in [0.15, 0.2) is 5.82 Å². The van der Waals surface area contributed by atoms with Crippen molar-refractivity contribution in [2.45, 2.75) is 13.5 Å². The Hall–Kier alpha value is -2.30. The molecule has 0 fully saturated rings. The van der Waals surface area contributed by atoms with Crippen LogP contribution in [0.15, 0.2) is 36.5 Å². The zero-order valence-corrected chi connectivity index (χ0v) is 9.42. The quantitative estimate of drug-likeness (QED) is 0.847. The monoisotopic (exact) mass is 231 g/mol. The third kappa shape index (κ3) is 2.63. The lowest BCUT2D eigenvalue weighted by atomic mass is 10.2. The first-order chi connectivity index (χ1) is 8.19. The van der Waals surface area contributed by atoms with E-state index in [1.54, 1.807) is 29.1 Å². The summed E-state index contributed by atoms with van der Waals surface area (Å²) in [4.78, 5) is 11.8. The number of aromatic hydroxyl groups is 1. The Balaban J connectivity index is 2.11. The Morgan fingerprint density at radius 3 is 2.94 bits per heavy atom. The predicted molar refractivity (Wildman–Crippen MR) is 64.0 cm³/mol. The molecule has 2 N–H and O–H groups in total. The molecule has 1 aromatic heterocycles. The van der Waals surface area contributed by atoms with Gasteiger partial charge >= 0.3 is 0 Å². The molecular formula is C12H13N3O2. The Bertz CT molecular complexity index is 534. The fourth-order valence-corrected chi connectivity index (χ4v) is 1.44. The van der Waals surface area contributed by atoms with E-state index < -0.39 is 0 Å². The highest BCUT2D eigenvalue weighted by Crippen LogP contribution is 2.12. The molecule has 0 aliphatic heterocycles. The van der Waals surface area contributed by atoms with Crippen LogP contribution in [0.1, 0.15) is 17.3 Å². The fraction of sp³-hybridized carbons (Fsp3) is 0.167. The van der Waals surface area contributed by atoms with Gasteiger partial charge in [-0.25, -0.2) is 0 Å². The summed E-state index contributed by atoms with van der Waals surface area (Å²) in [5.74, 6) is 0.277. The van der Waals surface area contributed by atoms with Crippen molar-refractivity contribution in [1.29, 1.82) is 0 Å². The molecule has 2 aromatic rings. The topological polar surface area (TPSA) is 67.2 Å². The van der Waals surface area contributed by atoms with Crippen LogP contribution in [0, 0.1) is 0 Å². The Morgan fingerprint density at radius 2 is 2.29 bits per heavy atom. The van der Waals surface area contributed by atoms with E-state index in [1.165, 1.54) is 12.1 Å². The largest absolute Gasteiger partial charge is 0.508 e. The molecule has 88 valence electrons. The summed E-state index contributed by atoms with van der Waals surface area (Å²) in [6.45, 7) is 2.72. The average molecular weight is 231 g/mol. The number of anilines is 1. The molecule has 0 aliphatic rings. The second-order valence-corrected chi connectivity index (χ2v) is 3.56. The van der Waals surface area contributed by atoms with Crippen LogP contribution in [-0.4, -0.2) is 20.8 Å². The molecule has 0 aliphatic carbocycles. The molecule has 5 nitrogen and oxygen atoms in total. The molecule has 17 heavy (non-hydrogen) atoms. The highest BCUT2D eigenvalue weighted by molar-refractivity contribution is 6.03. The number of phenols is 1. The second-order valence-electron chi connectivity index (χ2n) is 3.56. The number of aromatic nitrogens is 2. The van der Waals surface area contributed by atoms with Crippen LogP contribution in [0.5, 0.6) is 5.75 Å². The Labute approximate surface area is 98.7 Å². The van der Waals surface area contributed by atoms with Gasteiger partial charge in [-0.3, -0.25) is 9.48 Å². The number of rotatable bonds is 3. The smallest absolute Gasteiger partial charge is 0.256 e. The lowest BCUT2D eigenvalue weighted by Crippen LogP contribution is -2.12. The SMILES string of the molecule is CCn1ccc(NC(=O)c2cccc(O)c2)n1. The molecule has 0 bridgehead atoms. The fourth-order valence-electron chi connectivity index (χ4n) is 1.44. The minimum Gasteiger partial charge on any atom is -0.508 e. The van der Waals surface area contributed by atoms with Crippen molar-refractivity contribution in [2.75, 3.05) is 5.32 Å². The molecule has 1 heterocycles. The molecule has 1 amide bonds. The van der Waals surface area contributed by atoms with Crippen LogP contribution in [0.2, 0.25) is 0 Å². The Morgan fingerprint density at radius 1 is 1.47 bits per heavy atom. The van der Waals surface area contributed by atoms with Crippen LogP contribution < -0.4 is 5.32 Å². The van der Waals surface area contributed by atoms with E-state index >= 15 is 0 Å². The standard InChI is InChI=1S/C12H13N3O2/c1-2-15-7-6-11(14-15)13-12(17)9-4-3-5-10(16)8-9/h3-8,16H,2H2,1H3,(H,13,14,17). The van der Waals surface area contributed by atoms with Crippen LogP contribution >= 0.6 is 0 Å². The first-order valence-electron chi connectivity index (χ1n) is 5.33. The maximum absolute atomic E-state index is 11.8. The zero-order chi connectivity index (χ0) is 12.3. The van der Waals surface area contributed by atoms with Gasteiger partial charge < -0.3 is 10.4 Å². The van der Waals surface area contributed by atoms with Gasteiger partial charge in [-0.1, -0.05) is 6.07 Å². The number of amides is 1.